The number of alkyl halides is 1. The number of anilines is 1. The molecule has 0 aliphatic heterocycles. The summed E-state index contributed by atoms with van der Waals surface area (Å²) in [5, 5.41) is 7.55. The number of para-hydroxylation sites is 1. The zero-order valence-corrected chi connectivity index (χ0v) is 14.5. The van der Waals surface area contributed by atoms with Crippen LogP contribution < -0.4 is 5.32 Å². The Bertz CT molecular complexity index is 918. The lowest BCUT2D eigenvalue weighted by Crippen LogP contribution is -2.15. The highest BCUT2D eigenvalue weighted by atomic mass is 35.5. The molecule has 4 rings (SSSR count). The van der Waals surface area contributed by atoms with Gasteiger partial charge in [0.25, 0.3) is 0 Å². The number of carbonyl (C=O) groups is 1. The van der Waals surface area contributed by atoms with Gasteiger partial charge in [0.1, 0.15) is 11.7 Å². The molecule has 0 radical (unpaired) electrons. The largest absolute Gasteiger partial charge is 0.310 e. The molecule has 1 N–H and O–H groups in total. The van der Waals surface area contributed by atoms with Crippen molar-refractivity contribution < 1.29 is 4.79 Å². The Labute approximate surface area is 151 Å². The molecule has 1 heterocycles. The van der Waals surface area contributed by atoms with Crippen LogP contribution in [0.3, 0.4) is 0 Å². The van der Waals surface area contributed by atoms with Crippen LogP contribution in [-0.2, 0) is 17.6 Å². The molecule has 0 saturated heterocycles. The van der Waals surface area contributed by atoms with Gasteiger partial charge in [0.2, 0.25) is 5.91 Å². The molecule has 1 aliphatic rings. The molecule has 0 atom stereocenters. The van der Waals surface area contributed by atoms with Crippen LogP contribution in [0, 0.1) is 0 Å². The van der Waals surface area contributed by atoms with E-state index in [1.807, 2.05) is 36.4 Å². The first-order chi connectivity index (χ1) is 12.2. The number of rotatable bonds is 4. The summed E-state index contributed by atoms with van der Waals surface area (Å²) in [5.74, 6) is 0.278. The SMILES string of the molecule is O=C(CCl)Nc1cc(-c2ccc3c(c2)CCC3)nn1-c1ccccc1. The van der Waals surface area contributed by atoms with Crippen LogP contribution >= 0.6 is 11.6 Å². The molecule has 0 fully saturated rings. The maximum absolute atomic E-state index is 11.8. The van der Waals surface area contributed by atoms with E-state index in [1.54, 1.807) is 4.68 Å². The van der Waals surface area contributed by atoms with Crippen LogP contribution in [0.4, 0.5) is 5.82 Å². The molecule has 1 aromatic heterocycles. The van der Waals surface area contributed by atoms with E-state index >= 15 is 0 Å². The monoisotopic (exact) mass is 351 g/mol. The number of amides is 1. The van der Waals surface area contributed by atoms with Crippen LogP contribution in [0.2, 0.25) is 0 Å². The smallest absolute Gasteiger partial charge is 0.240 e. The van der Waals surface area contributed by atoms with E-state index in [1.165, 1.54) is 17.5 Å². The molecular formula is C20H18ClN3O. The number of nitrogens with zero attached hydrogens (tertiary/aromatic N) is 2. The number of benzene rings is 2. The number of carbonyl (C=O) groups excluding carboxylic acids is 1. The fourth-order valence-electron chi connectivity index (χ4n) is 3.28. The van der Waals surface area contributed by atoms with Crippen molar-refractivity contribution in [3.8, 4) is 16.9 Å². The number of nitrogens with one attached hydrogen (secondary N) is 1. The minimum Gasteiger partial charge on any atom is -0.310 e. The van der Waals surface area contributed by atoms with Crippen molar-refractivity contribution in [2.24, 2.45) is 0 Å². The molecule has 126 valence electrons. The van der Waals surface area contributed by atoms with Gasteiger partial charge in [-0.3, -0.25) is 4.79 Å². The third-order valence-electron chi connectivity index (χ3n) is 4.49. The number of fused-ring (bicyclic) bond motifs is 1. The van der Waals surface area contributed by atoms with Gasteiger partial charge in [0, 0.05) is 11.6 Å². The number of hydrogen-bond donors (Lipinski definition) is 1. The van der Waals surface area contributed by atoms with E-state index in [-0.39, 0.29) is 11.8 Å². The van der Waals surface area contributed by atoms with Gasteiger partial charge in [-0.15, -0.1) is 11.6 Å². The third-order valence-corrected chi connectivity index (χ3v) is 4.74. The summed E-state index contributed by atoms with van der Waals surface area (Å²) in [4.78, 5) is 11.8. The Balaban J connectivity index is 1.77. The highest BCUT2D eigenvalue weighted by Gasteiger charge is 2.16. The predicted molar refractivity (Wildman–Crippen MR) is 100 cm³/mol. The lowest BCUT2D eigenvalue weighted by Gasteiger charge is -2.07. The zero-order chi connectivity index (χ0) is 17.2. The van der Waals surface area contributed by atoms with Crippen LogP contribution in [0.1, 0.15) is 17.5 Å². The minimum absolute atomic E-state index is 0.0891. The number of aryl methyl sites for hydroxylation is 2. The van der Waals surface area contributed by atoms with Crippen molar-refractivity contribution >= 4 is 23.3 Å². The number of aromatic nitrogens is 2. The first kappa shape index (κ1) is 15.9. The lowest BCUT2D eigenvalue weighted by molar-refractivity contribution is -0.114. The van der Waals surface area contributed by atoms with Crippen molar-refractivity contribution in [3.63, 3.8) is 0 Å². The van der Waals surface area contributed by atoms with Crippen LogP contribution in [0.25, 0.3) is 16.9 Å². The Morgan fingerprint density at radius 1 is 1.08 bits per heavy atom. The van der Waals surface area contributed by atoms with E-state index in [4.69, 9.17) is 16.7 Å². The zero-order valence-electron chi connectivity index (χ0n) is 13.7. The van der Waals surface area contributed by atoms with E-state index in [0.717, 1.165) is 29.8 Å². The summed E-state index contributed by atoms with van der Waals surface area (Å²) >= 11 is 5.65. The predicted octanol–water partition coefficient (Wildman–Crippen LogP) is 4.21. The maximum atomic E-state index is 11.8. The second-order valence-electron chi connectivity index (χ2n) is 6.18. The van der Waals surface area contributed by atoms with Gasteiger partial charge in [-0.1, -0.05) is 30.3 Å². The number of hydrogen-bond acceptors (Lipinski definition) is 2. The van der Waals surface area contributed by atoms with E-state index in [2.05, 4.69) is 23.5 Å². The Hall–Kier alpha value is -2.59. The summed E-state index contributed by atoms with van der Waals surface area (Å²) in [7, 11) is 0. The highest BCUT2D eigenvalue weighted by molar-refractivity contribution is 6.29. The molecule has 3 aromatic rings. The first-order valence-electron chi connectivity index (χ1n) is 8.38. The summed E-state index contributed by atoms with van der Waals surface area (Å²) < 4.78 is 1.74. The summed E-state index contributed by atoms with van der Waals surface area (Å²) in [6, 6.07) is 18.2. The molecule has 0 unspecified atom stereocenters. The fraction of sp³-hybridized carbons (Fsp3) is 0.200. The van der Waals surface area contributed by atoms with Gasteiger partial charge in [-0.05, 0) is 48.6 Å². The third kappa shape index (κ3) is 3.17. The van der Waals surface area contributed by atoms with Crippen molar-refractivity contribution in [2.75, 3.05) is 11.2 Å². The van der Waals surface area contributed by atoms with Crippen molar-refractivity contribution in [2.45, 2.75) is 19.3 Å². The van der Waals surface area contributed by atoms with Gasteiger partial charge < -0.3 is 5.32 Å². The fourth-order valence-corrected chi connectivity index (χ4v) is 3.35. The van der Waals surface area contributed by atoms with Crippen LogP contribution in [0.5, 0.6) is 0 Å². The van der Waals surface area contributed by atoms with Gasteiger partial charge in [-0.25, -0.2) is 4.68 Å². The Morgan fingerprint density at radius 3 is 2.68 bits per heavy atom. The molecule has 1 amide bonds. The summed E-state index contributed by atoms with van der Waals surface area (Å²) in [6.45, 7) is 0. The summed E-state index contributed by atoms with van der Waals surface area (Å²) in [5.41, 5.74) is 5.62. The van der Waals surface area contributed by atoms with Crippen molar-refractivity contribution in [1.82, 2.24) is 9.78 Å². The van der Waals surface area contributed by atoms with E-state index in [9.17, 15) is 4.79 Å². The average Bonchev–Trinajstić information content (AvgIpc) is 3.28. The second-order valence-corrected chi connectivity index (χ2v) is 6.45. The standard InChI is InChI=1S/C20H18ClN3O/c21-13-20(25)22-19-12-18(23-24(19)17-7-2-1-3-8-17)16-10-9-14-5-4-6-15(14)11-16/h1-3,7-12H,4-6,13H2,(H,22,25). The highest BCUT2D eigenvalue weighted by Crippen LogP contribution is 2.29. The van der Waals surface area contributed by atoms with Gasteiger partial charge in [0.05, 0.1) is 11.4 Å². The molecule has 5 heteroatoms. The topological polar surface area (TPSA) is 46.9 Å². The molecule has 4 nitrogen and oxygen atoms in total. The molecule has 25 heavy (non-hydrogen) atoms. The minimum atomic E-state index is -0.251. The Kier molecular flexibility index (Phi) is 4.28. The quantitative estimate of drug-likeness (QED) is 0.716. The normalized spacial score (nSPS) is 12.8. The lowest BCUT2D eigenvalue weighted by atomic mass is 10.0. The van der Waals surface area contributed by atoms with Gasteiger partial charge in [0.15, 0.2) is 0 Å². The van der Waals surface area contributed by atoms with E-state index < -0.39 is 0 Å². The molecule has 2 aromatic carbocycles. The van der Waals surface area contributed by atoms with Crippen molar-refractivity contribution in [1.29, 1.82) is 0 Å². The number of halogens is 1. The maximum Gasteiger partial charge on any atom is 0.240 e. The van der Waals surface area contributed by atoms with Gasteiger partial charge in [-0.2, -0.15) is 5.10 Å². The molecule has 0 saturated carbocycles. The average molecular weight is 352 g/mol. The molecule has 0 spiro atoms. The van der Waals surface area contributed by atoms with Gasteiger partial charge >= 0.3 is 0 Å². The first-order valence-corrected chi connectivity index (χ1v) is 8.91. The summed E-state index contributed by atoms with van der Waals surface area (Å²) in [6.07, 6.45) is 3.50. The second kappa shape index (κ2) is 6.73. The van der Waals surface area contributed by atoms with Crippen molar-refractivity contribution in [3.05, 3.63) is 65.7 Å². The van der Waals surface area contributed by atoms with Crippen LogP contribution in [-0.4, -0.2) is 21.6 Å². The van der Waals surface area contributed by atoms with Crippen LogP contribution in [0.15, 0.2) is 54.6 Å². The molecular weight excluding hydrogens is 334 g/mol. The molecule has 0 bridgehead atoms. The Morgan fingerprint density at radius 2 is 1.88 bits per heavy atom. The molecule has 1 aliphatic carbocycles. The van der Waals surface area contributed by atoms with E-state index in [0.29, 0.717) is 5.82 Å².